The summed E-state index contributed by atoms with van der Waals surface area (Å²) in [6.07, 6.45) is 3.43. The molecule has 180 valence electrons. The summed E-state index contributed by atoms with van der Waals surface area (Å²) >= 11 is 0. The lowest BCUT2D eigenvalue weighted by Crippen LogP contribution is -2.40. The maximum absolute atomic E-state index is 13.6. The molecule has 0 unspecified atom stereocenters. The van der Waals surface area contributed by atoms with Gasteiger partial charge >= 0.3 is 0 Å². The molecule has 1 atom stereocenters. The minimum atomic E-state index is -3.81. The molecule has 0 spiro atoms. The average Bonchev–Trinajstić information content (AvgIpc) is 3.11. The standard InChI is InChI=1S/C23H30N2O6S2/c1-30-20-8-6-19(7-9-20)23-5-3-2-4-14-25(23)33(28,29)22-12-10-21(11-13-22)32(26,27)24-15-17-31-18-16-24/h6-13,23H,2-5,14-18H2,1H3/t23-/m0/s1. The Morgan fingerprint density at radius 1 is 0.788 bits per heavy atom. The first-order chi connectivity index (χ1) is 15.8. The summed E-state index contributed by atoms with van der Waals surface area (Å²) < 4.78 is 66.4. The second-order valence-electron chi connectivity index (χ2n) is 8.24. The van der Waals surface area contributed by atoms with Crippen LogP contribution in [0.2, 0.25) is 0 Å². The van der Waals surface area contributed by atoms with Crippen molar-refractivity contribution in [1.82, 2.24) is 8.61 Å². The first-order valence-electron chi connectivity index (χ1n) is 11.2. The first-order valence-corrected chi connectivity index (χ1v) is 14.1. The fourth-order valence-corrected chi connectivity index (χ4v) is 7.47. The molecule has 0 radical (unpaired) electrons. The quantitative estimate of drug-likeness (QED) is 0.613. The molecule has 33 heavy (non-hydrogen) atoms. The van der Waals surface area contributed by atoms with Crippen LogP contribution in [-0.4, -0.2) is 65.4 Å². The van der Waals surface area contributed by atoms with Gasteiger partial charge in [-0.15, -0.1) is 0 Å². The van der Waals surface area contributed by atoms with Crippen molar-refractivity contribution in [2.45, 2.75) is 41.5 Å². The Labute approximate surface area is 196 Å². The van der Waals surface area contributed by atoms with E-state index in [1.807, 2.05) is 24.3 Å². The highest BCUT2D eigenvalue weighted by molar-refractivity contribution is 7.89. The van der Waals surface area contributed by atoms with Gasteiger partial charge in [0.05, 0.1) is 36.2 Å². The fraction of sp³-hybridized carbons (Fsp3) is 0.478. The van der Waals surface area contributed by atoms with Gasteiger partial charge in [-0.05, 0) is 54.8 Å². The number of ether oxygens (including phenoxy) is 2. The number of sulfonamides is 2. The number of rotatable bonds is 6. The second-order valence-corrected chi connectivity index (χ2v) is 12.1. The van der Waals surface area contributed by atoms with Crippen LogP contribution in [-0.2, 0) is 24.8 Å². The fourth-order valence-electron chi connectivity index (χ4n) is 4.38. The molecule has 0 aliphatic carbocycles. The molecule has 2 aliphatic heterocycles. The van der Waals surface area contributed by atoms with E-state index in [4.69, 9.17) is 9.47 Å². The second kappa shape index (κ2) is 10.1. The van der Waals surface area contributed by atoms with Crippen LogP contribution in [0.1, 0.15) is 37.3 Å². The summed E-state index contributed by atoms with van der Waals surface area (Å²) in [6, 6.07) is 12.8. The van der Waals surface area contributed by atoms with Gasteiger partial charge in [-0.1, -0.05) is 25.0 Å². The predicted octanol–water partition coefficient (Wildman–Crippen LogP) is 3.02. The molecule has 2 heterocycles. The lowest BCUT2D eigenvalue weighted by molar-refractivity contribution is 0.0730. The number of hydrogen-bond donors (Lipinski definition) is 0. The Hall–Kier alpha value is -1.98. The molecule has 4 rings (SSSR count). The first kappa shape index (κ1) is 24.2. The van der Waals surface area contributed by atoms with Gasteiger partial charge in [0, 0.05) is 19.6 Å². The third-order valence-corrected chi connectivity index (χ3v) is 10.1. The van der Waals surface area contributed by atoms with E-state index < -0.39 is 20.0 Å². The summed E-state index contributed by atoms with van der Waals surface area (Å²) in [7, 11) is -5.90. The predicted molar refractivity (Wildman–Crippen MR) is 124 cm³/mol. The van der Waals surface area contributed by atoms with Crippen molar-refractivity contribution in [2.24, 2.45) is 0 Å². The largest absolute Gasteiger partial charge is 0.497 e. The molecule has 0 aromatic heterocycles. The molecule has 2 saturated heterocycles. The van der Waals surface area contributed by atoms with Gasteiger partial charge in [-0.2, -0.15) is 8.61 Å². The normalized spacial score (nSPS) is 21.4. The van der Waals surface area contributed by atoms with E-state index in [0.717, 1.165) is 37.0 Å². The van der Waals surface area contributed by atoms with E-state index >= 15 is 0 Å². The van der Waals surface area contributed by atoms with E-state index in [2.05, 4.69) is 0 Å². The summed E-state index contributed by atoms with van der Waals surface area (Å²) in [5.74, 6) is 0.721. The zero-order valence-electron chi connectivity index (χ0n) is 18.7. The van der Waals surface area contributed by atoms with E-state index in [-0.39, 0.29) is 15.8 Å². The molecule has 0 saturated carbocycles. The van der Waals surface area contributed by atoms with Gasteiger partial charge in [0.15, 0.2) is 0 Å². The number of nitrogens with zero attached hydrogens (tertiary/aromatic N) is 2. The number of benzene rings is 2. The van der Waals surface area contributed by atoms with E-state index in [1.54, 1.807) is 11.4 Å². The van der Waals surface area contributed by atoms with Gasteiger partial charge in [-0.3, -0.25) is 0 Å². The molecule has 0 bridgehead atoms. The smallest absolute Gasteiger partial charge is 0.243 e. The van der Waals surface area contributed by atoms with Crippen LogP contribution in [0.25, 0.3) is 0 Å². The van der Waals surface area contributed by atoms with Crippen LogP contribution in [0.4, 0.5) is 0 Å². The number of morpholine rings is 1. The molecule has 2 fully saturated rings. The molecule has 2 aromatic rings. The van der Waals surface area contributed by atoms with E-state index in [9.17, 15) is 16.8 Å². The third kappa shape index (κ3) is 5.09. The van der Waals surface area contributed by atoms with Crippen LogP contribution < -0.4 is 4.74 Å². The van der Waals surface area contributed by atoms with Gasteiger partial charge < -0.3 is 9.47 Å². The van der Waals surface area contributed by atoms with Crippen LogP contribution in [0, 0.1) is 0 Å². The molecule has 0 N–H and O–H groups in total. The number of methoxy groups -OCH3 is 1. The maximum Gasteiger partial charge on any atom is 0.243 e. The topological polar surface area (TPSA) is 93.2 Å². The minimum absolute atomic E-state index is 0.0888. The van der Waals surface area contributed by atoms with Crippen molar-refractivity contribution >= 4 is 20.0 Å². The van der Waals surface area contributed by atoms with Crippen molar-refractivity contribution in [2.75, 3.05) is 40.0 Å². The van der Waals surface area contributed by atoms with Crippen LogP contribution in [0.5, 0.6) is 5.75 Å². The molecule has 8 nitrogen and oxygen atoms in total. The highest BCUT2D eigenvalue weighted by atomic mass is 32.2. The average molecular weight is 495 g/mol. The summed E-state index contributed by atoms with van der Waals surface area (Å²) in [5.41, 5.74) is 0.924. The van der Waals surface area contributed by atoms with Crippen LogP contribution in [0.3, 0.4) is 0 Å². The Kier molecular flexibility index (Phi) is 7.40. The molecule has 2 aromatic carbocycles. The number of hydrogen-bond acceptors (Lipinski definition) is 6. The lowest BCUT2D eigenvalue weighted by atomic mass is 10.0. The summed E-state index contributed by atoms with van der Waals surface area (Å²) in [6.45, 7) is 1.72. The van der Waals surface area contributed by atoms with Crippen molar-refractivity contribution in [3.63, 3.8) is 0 Å². The van der Waals surface area contributed by atoms with Gasteiger partial charge in [0.2, 0.25) is 20.0 Å². The van der Waals surface area contributed by atoms with Crippen molar-refractivity contribution < 1.29 is 26.3 Å². The highest BCUT2D eigenvalue weighted by Crippen LogP contribution is 2.35. The molecule has 0 amide bonds. The zero-order chi connectivity index (χ0) is 23.5. The monoisotopic (exact) mass is 494 g/mol. The summed E-state index contributed by atoms with van der Waals surface area (Å²) in [5, 5.41) is 0. The Morgan fingerprint density at radius 3 is 2.00 bits per heavy atom. The van der Waals surface area contributed by atoms with Gasteiger partial charge in [0.1, 0.15) is 5.75 Å². The zero-order valence-corrected chi connectivity index (χ0v) is 20.4. The van der Waals surface area contributed by atoms with Gasteiger partial charge in [-0.25, -0.2) is 16.8 Å². The van der Waals surface area contributed by atoms with Crippen molar-refractivity contribution in [1.29, 1.82) is 0 Å². The van der Waals surface area contributed by atoms with Crippen molar-refractivity contribution in [3.05, 3.63) is 54.1 Å². The Balaban J connectivity index is 1.62. The summed E-state index contributed by atoms with van der Waals surface area (Å²) in [4.78, 5) is 0.190. The van der Waals surface area contributed by atoms with E-state index in [0.29, 0.717) is 32.8 Å². The van der Waals surface area contributed by atoms with Crippen molar-refractivity contribution in [3.8, 4) is 5.75 Å². The molecule has 10 heteroatoms. The lowest BCUT2D eigenvalue weighted by Gasteiger charge is -2.30. The van der Waals surface area contributed by atoms with Crippen LogP contribution >= 0.6 is 0 Å². The minimum Gasteiger partial charge on any atom is -0.497 e. The molecular weight excluding hydrogens is 464 g/mol. The van der Waals surface area contributed by atoms with Crippen LogP contribution in [0.15, 0.2) is 58.3 Å². The highest BCUT2D eigenvalue weighted by Gasteiger charge is 2.34. The van der Waals surface area contributed by atoms with Gasteiger partial charge in [0.25, 0.3) is 0 Å². The molecule has 2 aliphatic rings. The Bertz CT molecular complexity index is 1140. The van der Waals surface area contributed by atoms with E-state index in [1.165, 1.54) is 28.6 Å². The Morgan fingerprint density at radius 2 is 1.39 bits per heavy atom. The SMILES string of the molecule is COc1ccc([C@@H]2CCCCCN2S(=O)(=O)c2ccc(S(=O)(=O)N3CCOCC3)cc2)cc1. The maximum atomic E-state index is 13.6. The molecular formula is C23H30N2O6S2. The third-order valence-electron chi connectivity index (χ3n) is 6.24.